The molecule has 1 atom stereocenters. The normalized spacial score (nSPS) is 12.2. The lowest BCUT2D eigenvalue weighted by atomic mass is 10.0. The van der Waals surface area contributed by atoms with Gasteiger partial charge >= 0.3 is 0 Å². The fourth-order valence-electron chi connectivity index (χ4n) is 1.19. The highest BCUT2D eigenvalue weighted by atomic mass is 19.1. The minimum Gasteiger partial charge on any atom is -0.328 e. The molecule has 1 rings (SSSR count). The lowest BCUT2D eigenvalue weighted by Crippen LogP contribution is -2.18. The average Bonchev–Trinajstić information content (AvgIpc) is 2.03. The van der Waals surface area contributed by atoms with E-state index >= 15 is 0 Å². The minimum absolute atomic E-state index is 0.0612. The molecule has 0 heterocycles. The maximum absolute atomic E-state index is 12.8. The fraction of sp³-hybridized carbons (Fsp3) is 0.300. The van der Waals surface area contributed by atoms with Crippen molar-refractivity contribution < 1.29 is 4.39 Å². The van der Waals surface area contributed by atoms with Crippen LogP contribution in [0.25, 0.3) is 0 Å². The summed E-state index contributed by atoms with van der Waals surface area (Å²) in [4.78, 5) is 0. The highest BCUT2D eigenvalue weighted by molar-refractivity contribution is 5.38. The van der Waals surface area contributed by atoms with Crippen LogP contribution in [0.15, 0.2) is 18.2 Å². The largest absolute Gasteiger partial charge is 0.328 e. The van der Waals surface area contributed by atoms with Crippen LogP contribution in [0.4, 0.5) is 4.39 Å². The molecule has 0 aromatic heterocycles. The van der Waals surface area contributed by atoms with Gasteiger partial charge in [-0.3, -0.25) is 0 Å². The van der Waals surface area contributed by atoms with Crippen LogP contribution in [0.3, 0.4) is 0 Å². The van der Waals surface area contributed by atoms with Gasteiger partial charge in [-0.2, -0.15) is 5.26 Å². The minimum atomic E-state index is -0.324. The first-order valence-electron chi connectivity index (χ1n) is 4.07. The smallest absolute Gasteiger partial charge is 0.123 e. The summed E-state index contributed by atoms with van der Waals surface area (Å²) in [7, 11) is 0. The van der Waals surface area contributed by atoms with E-state index in [9.17, 15) is 4.39 Å². The van der Waals surface area contributed by atoms with Gasteiger partial charge in [-0.1, -0.05) is 0 Å². The molecule has 13 heavy (non-hydrogen) atoms. The Bertz CT molecular complexity index is 339. The molecule has 68 valence electrons. The molecular formula is C10H11FN2. The second kappa shape index (κ2) is 4.01. The van der Waals surface area contributed by atoms with E-state index < -0.39 is 0 Å². The second-order valence-electron chi connectivity index (χ2n) is 3.09. The van der Waals surface area contributed by atoms with Crippen LogP contribution in [-0.4, -0.2) is 6.04 Å². The van der Waals surface area contributed by atoms with E-state index in [1.807, 2.05) is 13.0 Å². The molecule has 0 fully saturated rings. The first-order chi connectivity index (χ1) is 6.13. The Morgan fingerprint density at radius 3 is 2.85 bits per heavy atom. The SMILES string of the molecule is C[C@@H](N)Cc1cc(F)ccc1C#N. The highest BCUT2D eigenvalue weighted by Gasteiger charge is 2.05. The van der Waals surface area contributed by atoms with E-state index in [-0.39, 0.29) is 11.9 Å². The van der Waals surface area contributed by atoms with E-state index in [0.29, 0.717) is 17.5 Å². The van der Waals surface area contributed by atoms with E-state index in [0.717, 1.165) is 0 Å². The molecule has 0 saturated carbocycles. The number of benzene rings is 1. The van der Waals surface area contributed by atoms with Gasteiger partial charge in [0.1, 0.15) is 5.82 Å². The second-order valence-corrected chi connectivity index (χ2v) is 3.09. The van der Waals surface area contributed by atoms with Crippen molar-refractivity contribution >= 4 is 0 Å². The van der Waals surface area contributed by atoms with Crippen LogP contribution >= 0.6 is 0 Å². The van der Waals surface area contributed by atoms with Crippen molar-refractivity contribution in [2.24, 2.45) is 5.73 Å². The summed E-state index contributed by atoms with van der Waals surface area (Å²) in [5.41, 5.74) is 6.74. The van der Waals surface area contributed by atoms with Gasteiger partial charge in [0.25, 0.3) is 0 Å². The highest BCUT2D eigenvalue weighted by Crippen LogP contribution is 2.11. The maximum atomic E-state index is 12.8. The Kier molecular flexibility index (Phi) is 2.99. The summed E-state index contributed by atoms with van der Waals surface area (Å²) >= 11 is 0. The number of halogens is 1. The van der Waals surface area contributed by atoms with Crippen molar-refractivity contribution in [3.8, 4) is 6.07 Å². The zero-order valence-corrected chi connectivity index (χ0v) is 7.42. The molecule has 0 amide bonds. The van der Waals surface area contributed by atoms with Gasteiger partial charge in [-0.15, -0.1) is 0 Å². The third-order valence-corrected chi connectivity index (χ3v) is 1.73. The van der Waals surface area contributed by atoms with Crippen LogP contribution in [0.1, 0.15) is 18.1 Å². The fourth-order valence-corrected chi connectivity index (χ4v) is 1.19. The molecule has 2 N–H and O–H groups in total. The van der Waals surface area contributed by atoms with Gasteiger partial charge in [-0.05, 0) is 37.1 Å². The molecule has 3 heteroatoms. The topological polar surface area (TPSA) is 49.8 Å². The molecule has 0 saturated heterocycles. The van der Waals surface area contributed by atoms with Crippen LogP contribution in [0.5, 0.6) is 0 Å². The number of hydrogen-bond acceptors (Lipinski definition) is 2. The molecule has 0 spiro atoms. The van der Waals surface area contributed by atoms with Crippen molar-refractivity contribution in [3.05, 3.63) is 35.1 Å². The van der Waals surface area contributed by atoms with E-state index in [1.54, 1.807) is 0 Å². The third-order valence-electron chi connectivity index (χ3n) is 1.73. The molecule has 0 unspecified atom stereocenters. The number of nitrogens with two attached hydrogens (primary N) is 1. The lowest BCUT2D eigenvalue weighted by molar-refractivity contribution is 0.622. The number of nitrogens with zero attached hydrogens (tertiary/aromatic N) is 1. The first kappa shape index (κ1) is 9.69. The predicted molar refractivity (Wildman–Crippen MR) is 48.5 cm³/mol. The van der Waals surface area contributed by atoms with Crippen LogP contribution in [0, 0.1) is 17.1 Å². The van der Waals surface area contributed by atoms with Crippen LogP contribution < -0.4 is 5.73 Å². The Hall–Kier alpha value is -1.40. The molecule has 2 nitrogen and oxygen atoms in total. The molecule has 0 aliphatic heterocycles. The van der Waals surface area contributed by atoms with Crippen LogP contribution in [0.2, 0.25) is 0 Å². The van der Waals surface area contributed by atoms with Crippen molar-refractivity contribution in [1.82, 2.24) is 0 Å². The maximum Gasteiger partial charge on any atom is 0.123 e. The van der Waals surface area contributed by atoms with Gasteiger partial charge in [0, 0.05) is 6.04 Å². The van der Waals surface area contributed by atoms with Crippen LogP contribution in [-0.2, 0) is 6.42 Å². The molecule has 0 aliphatic carbocycles. The molecule has 1 aromatic carbocycles. The van der Waals surface area contributed by atoms with Crippen molar-refractivity contribution in [3.63, 3.8) is 0 Å². The van der Waals surface area contributed by atoms with E-state index in [4.69, 9.17) is 11.0 Å². The van der Waals surface area contributed by atoms with Gasteiger partial charge in [0.2, 0.25) is 0 Å². The predicted octanol–water partition coefficient (Wildman–Crippen LogP) is 1.59. The monoisotopic (exact) mass is 178 g/mol. The summed E-state index contributed by atoms with van der Waals surface area (Å²) in [6, 6.07) is 6.07. The van der Waals surface area contributed by atoms with Crippen molar-refractivity contribution in [2.45, 2.75) is 19.4 Å². The lowest BCUT2D eigenvalue weighted by Gasteiger charge is -2.06. The van der Waals surface area contributed by atoms with E-state index in [2.05, 4.69) is 0 Å². The number of rotatable bonds is 2. The van der Waals surface area contributed by atoms with E-state index in [1.165, 1.54) is 18.2 Å². The molecular weight excluding hydrogens is 167 g/mol. The summed E-state index contributed by atoms with van der Waals surface area (Å²) in [5.74, 6) is -0.324. The Morgan fingerprint density at radius 2 is 2.31 bits per heavy atom. The Labute approximate surface area is 76.8 Å². The molecule has 1 aromatic rings. The summed E-state index contributed by atoms with van der Waals surface area (Å²) in [6.45, 7) is 1.83. The first-order valence-corrected chi connectivity index (χ1v) is 4.07. The average molecular weight is 178 g/mol. The quantitative estimate of drug-likeness (QED) is 0.747. The van der Waals surface area contributed by atoms with Crippen molar-refractivity contribution in [1.29, 1.82) is 5.26 Å². The zero-order chi connectivity index (χ0) is 9.84. The molecule has 0 aliphatic rings. The Morgan fingerprint density at radius 1 is 1.62 bits per heavy atom. The molecule has 0 radical (unpaired) electrons. The van der Waals surface area contributed by atoms with Gasteiger partial charge in [0.05, 0.1) is 11.6 Å². The summed E-state index contributed by atoms with van der Waals surface area (Å²) in [5, 5.41) is 8.71. The third kappa shape index (κ3) is 2.53. The number of hydrogen-bond donors (Lipinski definition) is 1. The van der Waals surface area contributed by atoms with Gasteiger partial charge in [-0.25, -0.2) is 4.39 Å². The number of nitriles is 1. The zero-order valence-electron chi connectivity index (χ0n) is 7.42. The molecule has 0 bridgehead atoms. The Balaban J connectivity index is 3.03. The van der Waals surface area contributed by atoms with Gasteiger partial charge < -0.3 is 5.73 Å². The van der Waals surface area contributed by atoms with Crippen molar-refractivity contribution in [2.75, 3.05) is 0 Å². The van der Waals surface area contributed by atoms with Gasteiger partial charge in [0.15, 0.2) is 0 Å². The standard InChI is InChI=1S/C10H11FN2/c1-7(13)4-9-5-10(11)3-2-8(9)6-12/h2-3,5,7H,4,13H2,1H3/t7-/m1/s1. The summed E-state index contributed by atoms with van der Waals surface area (Å²) in [6.07, 6.45) is 0.528. The summed E-state index contributed by atoms with van der Waals surface area (Å²) < 4.78 is 12.8.